The Morgan fingerprint density at radius 1 is 1.35 bits per heavy atom. The highest BCUT2D eigenvalue weighted by Gasteiger charge is 2.00. The van der Waals surface area contributed by atoms with Gasteiger partial charge in [0, 0.05) is 12.4 Å². The molecular weight excluding hydrogens is 220 g/mol. The van der Waals surface area contributed by atoms with E-state index in [0.717, 1.165) is 5.56 Å². The topological polar surface area (TPSA) is 64.3 Å². The highest BCUT2D eigenvalue weighted by molar-refractivity contribution is 5.68. The maximum atomic E-state index is 10.3. The molecule has 17 heavy (non-hydrogen) atoms. The van der Waals surface area contributed by atoms with Gasteiger partial charge in [-0.15, -0.1) is 0 Å². The van der Waals surface area contributed by atoms with Crippen LogP contribution in [0.2, 0.25) is 0 Å². The van der Waals surface area contributed by atoms with E-state index in [2.05, 4.69) is 5.10 Å². The second-order valence-electron chi connectivity index (χ2n) is 3.53. The molecule has 0 bridgehead atoms. The highest BCUT2D eigenvalue weighted by Crippen LogP contribution is 2.12. The van der Waals surface area contributed by atoms with Gasteiger partial charge in [0.25, 0.3) is 0 Å². The molecule has 5 nitrogen and oxygen atoms in total. The van der Waals surface area contributed by atoms with Gasteiger partial charge in [-0.25, -0.2) is 4.79 Å². The molecule has 0 spiro atoms. The highest BCUT2D eigenvalue weighted by atomic mass is 16.5. The monoisotopic (exact) mass is 232 g/mol. The zero-order chi connectivity index (χ0) is 12.1. The molecule has 0 saturated heterocycles. The van der Waals surface area contributed by atoms with Crippen LogP contribution in [-0.4, -0.2) is 27.5 Å². The maximum absolute atomic E-state index is 10.3. The molecule has 88 valence electrons. The molecule has 2 aromatic rings. The molecule has 0 aliphatic rings. The molecule has 0 fully saturated rings. The summed E-state index contributed by atoms with van der Waals surface area (Å²) in [7, 11) is 0. The Hall–Kier alpha value is -2.30. The maximum Gasteiger partial charge on any atom is 0.341 e. The molecule has 1 N–H and O–H groups in total. The third-order valence-electron chi connectivity index (χ3n) is 2.19. The van der Waals surface area contributed by atoms with Gasteiger partial charge in [-0.2, -0.15) is 5.10 Å². The molecule has 0 unspecified atom stereocenters. The quantitative estimate of drug-likeness (QED) is 0.846. The fourth-order valence-corrected chi connectivity index (χ4v) is 1.42. The lowest BCUT2D eigenvalue weighted by atomic mass is 10.2. The molecular formula is C12H12N2O3. The summed E-state index contributed by atoms with van der Waals surface area (Å²) in [5.41, 5.74) is 1.08. The number of nitrogens with zero attached hydrogens (tertiary/aromatic N) is 2. The summed E-state index contributed by atoms with van der Waals surface area (Å²) in [4.78, 5) is 10.3. The minimum Gasteiger partial charge on any atom is -0.482 e. The Morgan fingerprint density at radius 3 is 2.71 bits per heavy atom. The number of benzene rings is 1. The van der Waals surface area contributed by atoms with E-state index in [-0.39, 0.29) is 6.61 Å². The number of hydrogen-bond acceptors (Lipinski definition) is 3. The van der Waals surface area contributed by atoms with E-state index < -0.39 is 5.97 Å². The summed E-state index contributed by atoms with van der Waals surface area (Å²) in [6.45, 7) is 0.366. The molecule has 2 rings (SSSR count). The number of aromatic nitrogens is 2. The first-order valence-electron chi connectivity index (χ1n) is 5.15. The molecule has 1 aromatic heterocycles. The molecule has 0 radical (unpaired) electrons. The number of hydrogen-bond donors (Lipinski definition) is 1. The average molecular weight is 232 g/mol. The van der Waals surface area contributed by atoms with Gasteiger partial charge in [-0.3, -0.25) is 4.68 Å². The molecule has 5 heteroatoms. The predicted octanol–water partition coefficient (Wildman–Crippen LogP) is 1.39. The third kappa shape index (κ3) is 3.34. The third-order valence-corrected chi connectivity index (χ3v) is 2.19. The summed E-state index contributed by atoms with van der Waals surface area (Å²) in [6, 6.07) is 9.14. The smallest absolute Gasteiger partial charge is 0.341 e. The fourth-order valence-electron chi connectivity index (χ4n) is 1.42. The van der Waals surface area contributed by atoms with E-state index in [1.165, 1.54) is 0 Å². The lowest BCUT2D eigenvalue weighted by molar-refractivity contribution is -0.139. The molecule has 1 aromatic carbocycles. The van der Waals surface area contributed by atoms with Crippen molar-refractivity contribution in [2.75, 3.05) is 6.61 Å². The first kappa shape index (κ1) is 11.2. The Balaban J connectivity index is 1.95. The first-order chi connectivity index (χ1) is 8.24. The minimum absolute atomic E-state index is 0.321. The Morgan fingerprint density at radius 2 is 2.12 bits per heavy atom. The van der Waals surface area contributed by atoms with Gasteiger partial charge in [0.05, 0.1) is 6.54 Å². The first-order valence-corrected chi connectivity index (χ1v) is 5.15. The summed E-state index contributed by atoms with van der Waals surface area (Å²) in [5, 5.41) is 12.6. The Kier molecular flexibility index (Phi) is 3.40. The van der Waals surface area contributed by atoms with Crippen molar-refractivity contribution in [3.8, 4) is 5.75 Å². The van der Waals surface area contributed by atoms with Gasteiger partial charge < -0.3 is 9.84 Å². The van der Waals surface area contributed by atoms with Crippen molar-refractivity contribution in [2.45, 2.75) is 6.54 Å². The van der Waals surface area contributed by atoms with E-state index in [4.69, 9.17) is 9.84 Å². The van der Waals surface area contributed by atoms with Crippen LogP contribution in [0.4, 0.5) is 0 Å². The van der Waals surface area contributed by atoms with Crippen molar-refractivity contribution < 1.29 is 14.6 Å². The predicted molar refractivity (Wildman–Crippen MR) is 60.9 cm³/mol. The second-order valence-corrected chi connectivity index (χ2v) is 3.53. The van der Waals surface area contributed by atoms with E-state index >= 15 is 0 Å². The van der Waals surface area contributed by atoms with Crippen LogP contribution in [0.15, 0.2) is 42.7 Å². The van der Waals surface area contributed by atoms with Crippen LogP contribution in [0.5, 0.6) is 5.75 Å². The lowest BCUT2D eigenvalue weighted by Crippen LogP contribution is -2.09. The van der Waals surface area contributed by atoms with E-state index in [1.54, 1.807) is 18.3 Å². The number of carboxylic acid groups (broad SMARTS) is 1. The van der Waals surface area contributed by atoms with Crippen LogP contribution in [0.1, 0.15) is 5.56 Å². The van der Waals surface area contributed by atoms with Gasteiger partial charge in [0.15, 0.2) is 6.61 Å². The molecule has 0 saturated carbocycles. The van der Waals surface area contributed by atoms with Crippen LogP contribution in [-0.2, 0) is 11.3 Å². The van der Waals surface area contributed by atoms with Gasteiger partial charge in [0.1, 0.15) is 5.75 Å². The van der Waals surface area contributed by atoms with Crippen LogP contribution in [0.25, 0.3) is 0 Å². The summed E-state index contributed by atoms with van der Waals surface area (Å²) in [6.07, 6.45) is 3.61. The molecule has 1 heterocycles. The zero-order valence-corrected chi connectivity index (χ0v) is 9.11. The van der Waals surface area contributed by atoms with E-state index in [9.17, 15) is 4.79 Å². The van der Waals surface area contributed by atoms with Gasteiger partial charge in [-0.05, 0) is 23.8 Å². The zero-order valence-electron chi connectivity index (χ0n) is 9.11. The SMILES string of the molecule is O=C(O)COc1ccc(Cn2cccn2)cc1. The fraction of sp³-hybridized carbons (Fsp3) is 0.167. The summed E-state index contributed by atoms with van der Waals surface area (Å²) >= 11 is 0. The standard InChI is InChI=1S/C12H12N2O3/c15-12(16)9-17-11-4-2-10(3-5-11)8-14-7-1-6-13-14/h1-7H,8-9H2,(H,15,16). The normalized spacial score (nSPS) is 10.1. The van der Waals surface area contributed by atoms with E-state index in [1.807, 2.05) is 29.1 Å². The van der Waals surface area contributed by atoms with Crippen LogP contribution in [0, 0.1) is 0 Å². The average Bonchev–Trinajstić information content (AvgIpc) is 2.81. The number of aliphatic carboxylic acids is 1. The Bertz CT molecular complexity index is 477. The van der Waals surface area contributed by atoms with Gasteiger partial charge >= 0.3 is 5.97 Å². The minimum atomic E-state index is -0.981. The molecule has 0 atom stereocenters. The van der Waals surface area contributed by atoms with Crippen molar-refractivity contribution in [3.63, 3.8) is 0 Å². The second kappa shape index (κ2) is 5.16. The number of rotatable bonds is 5. The van der Waals surface area contributed by atoms with Gasteiger partial charge in [-0.1, -0.05) is 12.1 Å². The van der Waals surface area contributed by atoms with Crippen molar-refractivity contribution in [2.24, 2.45) is 0 Å². The van der Waals surface area contributed by atoms with Crippen LogP contribution >= 0.6 is 0 Å². The van der Waals surface area contributed by atoms with Gasteiger partial charge in [0.2, 0.25) is 0 Å². The Labute approximate surface area is 98.3 Å². The van der Waals surface area contributed by atoms with Crippen molar-refractivity contribution in [3.05, 3.63) is 48.3 Å². The largest absolute Gasteiger partial charge is 0.482 e. The van der Waals surface area contributed by atoms with E-state index in [0.29, 0.717) is 12.3 Å². The molecule has 0 aliphatic heterocycles. The van der Waals surface area contributed by atoms with Crippen molar-refractivity contribution >= 4 is 5.97 Å². The molecule has 0 amide bonds. The molecule has 0 aliphatic carbocycles. The summed E-state index contributed by atoms with van der Waals surface area (Å²) < 4.78 is 6.85. The number of carboxylic acids is 1. The van der Waals surface area contributed by atoms with Crippen molar-refractivity contribution in [1.82, 2.24) is 9.78 Å². The van der Waals surface area contributed by atoms with Crippen LogP contribution < -0.4 is 4.74 Å². The van der Waals surface area contributed by atoms with Crippen LogP contribution in [0.3, 0.4) is 0 Å². The van der Waals surface area contributed by atoms with Crippen molar-refractivity contribution in [1.29, 1.82) is 0 Å². The summed E-state index contributed by atoms with van der Waals surface area (Å²) in [5.74, 6) is -0.428. The number of ether oxygens (including phenoxy) is 1. The lowest BCUT2D eigenvalue weighted by Gasteiger charge is -2.05. The number of carbonyl (C=O) groups is 1.